The number of aromatic nitrogens is 1. The Labute approximate surface area is 246 Å². The molecule has 218 valence electrons. The summed E-state index contributed by atoms with van der Waals surface area (Å²) >= 11 is 1.66. The number of pyridine rings is 1. The van der Waals surface area contributed by atoms with Gasteiger partial charge in [0.2, 0.25) is 11.3 Å². The number of benzene rings is 2. The zero-order valence-electron chi connectivity index (χ0n) is 23.5. The number of carboxylic acids is 1. The molecule has 2 aromatic carbocycles. The maximum Gasteiger partial charge on any atom is 0.341 e. The van der Waals surface area contributed by atoms with Gasteiger partial charge in [0.1, 0.15) is 11.3 Å². The lowest BCUT2D eigenvalue weighted by Crippen LogP contribution is -2.44. The first-order valence-electron chi connectivity index (χ1n) is 14.1. The molecule has 0 bridgehead atoms. The van der Waals surface area contributed by atoms with Crippen molar-refractivity contribution in [2.45, 2.75) is 56.7 Å². The largest absolute Gasteiger partial charge is 0.497 e. The SMILES string of the molecule is COc1ccc(C[C@@H](N)C(=O)NC2CCCc3sc(-c4ccc5c(=O)c(C(=O)O)cn(C6CC6)c5c4OC)cc32)cc1. The number of rotatable bonds is 9. The lowest BCUT2D eigenvalue weighted by atomic mass is 9.92. The highest BCUT2D eigenvalue weighted by Gasteiger charge is 2.31. The van der Waals surface area contributed by atoms with Gasteiger partial charge >= 0.3 is 5.97 Å². The van der Waals surface area contributed by atoms with Crippen molar-refractivity contribution in [3.63, 3.8) is 0 Å². The van der Waals surface area contributed by atoms with E-state index >= 15 is 0 Å². The third-order valence-corrected chi connectivity index (χ3v) is 9.41. The van der Waals surface area contributed by atoms with Crippen molar-refractivity contribution in [1.29, 1.82) is 0 Å². The van der Waals surface area contributed by atoms with Crippen LogP contribution in [0.15, 0.2) is 53.5 Å². The molecule has 2 atom stereocenters. The molecule has 6 rings (SSSR count). The second kappa shape index (κ2) is 11.3. The van der Waals surface area contributed by atoms with E-state index in [0.717, 1.165) is 59.4 Å². The molecule has 0 aliphatic heterocycles. The van der Waals surface area contributed by atoms with Gasteiger partial charge in [0.05, 0.1) is 37.2 Å². The molecule has 0 spiro atoms. The van der Waals surface area contributed by atoms with Gasteiger partial charge in [0.25, 0.3) is 0 Å². The predicted molar refractivity (Wildman–Crippen MR) is 162 cm³/mol. The molecule has 1 fully saturated rings. The standard InChI is InChI=1S/C32H33N3O6S/c1-40-19-10-6-17(7-11-19)14-24(33)31(37)34-25-4-3-5-26-22(25)15-27(42-26)20-12-13-21-28(30(20)41-2)35(18-8-9-18)16-23(29(21)36)32(38)39/h6-7,10-13,15-16,18,24-25H,3-5,8-9,14,33H2,1-2H3,(H,34,37)(H,38,39)/t24-,25?/m1/s1. The van der Waals surface area contributed by atoms with Gasteiger partial charge in [0.15, 0.2) is 5.75 Å². The molecule has 2 heterocycles. The predicted octanol–water partition coefficient (Wildman–Crippen LogP) is 4.84. The number of amides is 1. The van der Waals surface area contributed by atoms with Gasteiger partial charge in [-0.15, -0.1) is 11.3 Å². The summed E-state index contributed by atoms with van der Waals surface area (Å²) in [5.41, 5.74) is 9.05. The molecule has 10 heteroatoms. The van der Waals surface area contributed by atoms with Crippen molar-refractivity contribution in [2.75, 3.05) is 14.2 Å². The van der Waals surface area contributed by atoms with E-state index < -0.39 is 17.4 Å². The molecular weight excluding hydrogens is 554 g/mol. The lowest BCUT2D eigenvalue weighted by molar-refractivity contribution is -0.123. The van der Waals surface area contributed by atoms with E-state index in [9.17, 15) is 19.5 Å². The second-order valence-corrected chi connectivity index (χ2v) is 12.1. The molecule has 9 nitrogen and oxygen atoms in total. The molecule has 2 aromatic heterocycles. The number of hydrogen-bond acceptors (Lipinski definition) is 7. The minimum atomic E-state index is -1.23. The van der Waals surface area contributed by atoms with E-state index in [2.05, 4.69) is 11.4 Å². The minimum absolute atomic E-state index is 0.133. The zero-order valence-corrected chi connectivity index (χ0v) is 24.3. The number of nitrogens with two attached hydrogens (primary N) is 1. The number of aromatic carboxylic acids is 1. The van der Waals surface area contributed by atoms with Gasteiger partial charge in [-0.1, -0.05) is 12.1 Å². The summed E-state index contributed by atoms with van der Waals surface area (Å²) in [5.74, 6) is -0.123. The van der Waals surface area contributed by atoms with Crippen molar-refractivity contribution in [1.82, 2.24) is 9.88 Å². The Kier molecular flexibility index (Phi) is 7.51. The maximum atomic E-state index is 13.1. The first-order chi connectivity index (χ1) is 20.3. The first kappa shape index (κ1) is 28.0. The van der Waals surface area contributed by atoms with E-state index in [1.54, 1.807) is 31.6 Å². The fourth-order valence-electron chi connectivity index (χ4n) is 5.84. The summed E-state index contributed by atoms with van der Waals surface area (Å²) in [5, 5.41) is 13.1. The van der Waals surface area contributed by atoms with Crippen LogP contribution in [0.1, 0.15) is 64.1 Å². The summed E-state index contributed by atoms with van der Waals surface area (Å²) in [6.45, 7) is 0. The lowest BCUT2D eigenvalue weighted by Gasteiger charge is -2.25. The number of nitrogens with one attached hydrogen (secondary N) is 1. The van der Waals surface area contributed by atoms with E-state index in [1.807, 2.05) is 34.9 Å². The van der Waals surface area contributed by atoms with Gasteiger partial charge in [-0.25, -0.2) is 4.79 Å². The van der Waals surface area contributed by atoms with Crippen molar-refractivity contribution in [2.24, 2.45) is 5.73 Å². The number of aryl methyl sites for hydroxylation is 1. The van der Waals surface area contributed by atoms with Gasteiger partial charge < -0.3 is 30.2 Å². The Bertz CT molecular complexity index is 1740. The van der Waals surface area contributed by atoms with Crippen LogP contribution in [0.5, 0.6) is 11.5 Å². The molecule has 2 aliphatic carbocycles. The number of fused-ring (bicyclic) bond motifs is 2. The van der Waals surface area contributed by atoms with E-state index in [-0.39, 0.29) is 23.6 Å². The smallest absolute Gasteiger partial charge is 0.341 e. The van der Waals surface area contributed by atoms with Crippen LogP contribution in [-0.4, -0.2) is 41.8 Å². The molecule has 1 saturated carbocycles. The summed E-state index contributed by atoms with van der Waals surface area (Å²) in [6, 6.07) is 12.5. The highest BCUT2D eigenvalue weighted by atomic mass is 32.1. The van der Waals surface area contributed by atoms with Crippen LogP contribution in [0.25, 0.3) is 21.3 Å². The molecule has 4 aromatic rings. The van der Waals surface area contributed by atoms with Gasteiger partial charge in [-0.2, -0.15) is 0 Å². The molecule has 0 saturated heterocycles. The molecule has 1 unspecified atom stereocenters. The van der Waals surface area contributed by atoms with Crippen LogP contribution in [0, 0.1) is 0 Å². The molecule has 2 aliphatic rings. The number of thiophene rings is 1. The number of carbonyl (C=O) groups excluding carboxylic acids is 1. The maximum absolute atomic E-state index is 13.1. The highest BCUT2D eigenvalue weighted by molar-refractivity contribution is 7.15. The zero-order chi connectivity index (χ0) is 29.5. The van der Waals surface area contributed by atoms with Crippen LogP contribution >= 0.6 is 11.3 Å². The Morgan fingerprint density at radius 1 is 1.12 bits per heavy atom. The number of carboxylic acid groups (broad SMARTS) is 1. The Morgan fingerprint density at radius 2 is 1.88 bits per heavy atom. The normalized spacial score (nSPS) is 17.0. The highest BCUT2D eigenvalue weighted by Crippen LogP contribution is 2.46. The summed E-state index contributed by atoms with van der Waals surface area (Å²) < 4.78 is 13.0. The van der Waals surface area contributed by atoms with Gasteiger partial charge in [-0.3, -0.25) is 9.59 Å². The Hall–Kier alpha value is -4.15. The monoisotopic (exact) mass is 587 g/mol. The van der Waals surface area contributed by atoms with Crippen molar-refractivity contribution < 1.29 is 24.2 Å². The molecular formula is C32H33N3O6S. The van der Waals surface area contributed by atoms with Gasteiger partial charge in [-0.05, 0) is 80.0 Å². The van der Waals surface area contributed by atoms with Crippen LogP contribution < -0.4 is 26.0 Å². The molecule has 4 N–H and O–H groups in total. The average Bonchev–Trinajstić information content (AvgIpc) is 3.74. The third kappa shape index (κ3) is 5.16. The Balaban J connectivity index is 1.31. The fraction of sp³-hybridized carbons (Fsp3) is 0.344. The van der Waals surface area contributed by atoms with Crippen molar-refractivity contribution in [3.8, 4) is 21.9 Å². The average molecular weight is 588 g/mol. The van der Waals surface area contributed by atoms with Crippen LogP contribution in [0.4, 0.5) is 0 Å². The third-order valence-electron chi connectivity index (χ3n) is 8.17. The quantitative estimate of drug-likeness (QED) is 0.255. The molecule has 1 amide bonds. The fourth-order valence-corrected chi connectivity index (χ4v) is 7.12. The van der Waals surface area contributed by atoms with Crippen LogP contribution in [0.3, 0.4) is 0 Å². The van der Waals surface area contributed by atoms with Gasteiger partial charge in [0, 0.05) is 27.6 Å². The Morgan fingerprint density at radius 3 is 2.55 bits per heavy atom. The number of hydrogen-bond donors (Lipinski definition) is 3. The van der Waals surface area contributed by atoms with Crippen molar-refractivity contribution >= 4 is 34.1 Å². The van der Waals surface area contributed by atoms with E-state index in [1.165, 1.54) is 11.1 Å². The van der Waals surface area contributed by atoms with E-state index in [0.29, 0.717) is 23.1 Å². The second-order valence-electron chi connectivity index (χ2n) is 11.0. The number of carbonyl (C=O) groups is 2. The number of methoxy groups -OCH3 is 2. The number of nitrogens with zero attached hydrogens (tertiary/aromatic N) is 1. The van der Waals surface area contributed by atoms with E-state index in [4.69, 9.17) is 15.2 Å². The first-order valence-corrected chi connectivity index (χ1v) is 14.9. The number of ether oxygens (including phenoxy) is 2. The molecule has 42 heavy (non-hydrogen) atoms. The van der Waals surface area contributed by atoms with Crippen molar-refractivity contribution in [3.05, 3.63) is 80.5 Å². The topological polar surface area (TPSA) is 133 Å². The minimum Gasteiger partial charge on any atom is -0.497 e. The summed E-state index contributed by atoms with van der Waals surface area (Å²) in [7, 11) is 3.19. The molecule has 0 radical (unpaired) electrons. The summed E-state index contributed by atoms with van der Waals surface area (Å²) in [6.07, 6.45) is 6.38. The van der Waals surface area contributed by atoms with Crippen LogP contribution in [0.2, 0.25) is 0 Å². The summed E-state index contributed by atoms with van der Waals surface area (Å²) in [4.78, 5) is 40.2. The van der Waals surface area contributed by atoms with Crippen LogP contribution in [-0.2, 0) is 17.6 Å².